The third kappa shape index (κ3) is 5.55. The number of amides is 2. The Morgan fingerprint density at radius 3 is 2.43 bits per heavy atom. The number of benzene rings is 1. The summed E-state index contributed by atoms with van der Waals surface area (Å²) in [5.41, 5.74) is 0.914. The molecule has 0 fully saturated rings. The quantitative estimate of drug-likeness (QED) is 0.864. The van der Waals surface area contributed by atoms with E-state index in [1.54, 1.807) is 36.2 Å². The summed E-state index contributed by atoms with van der Waals surface area (Å²) in [6, 6.07) is 6.61. The van der Waals surface area contributed by atoms with Crippen LogP contribution in [0.5, 0.6) is 0 Å². The summed E-state index contributed by atoms with van der Waals surface area (Å²) in [5, 5.41) is 11.3. The van der Waals surface area contributed by atoms with Crippen LogP contribution in [0.4, 0.5) is 0 Å². The summed E-state index contributed by atoms with van der Waals surface area (Å²) in [5.74, 6) is -0.404. The number of rotatable bonds is 5. The maximum atomic E-state index is 12.4. The molecule has 0 aliphatic carbocycles. The maximum Gasteiger partial charge on any atom is 0.253 e. The average Bonchev–Trinajstić information content (AvgIpc) is 2.42. The third-order valence-corrected chi connectivity index (χ3v) is 2.83. The molecule has 0 aliphatic heterocycles. The van der Waals surface area contributed by atoms with Gasteiger partial charge in [-0.2, -0.15) is 0 Å². The number of hydrogen-bond donors (Lipinski definition) is 2. The van der Waals surface area contributed by atoms with Crippen LogP contribution in [0.15, 0.2) is 24.3 Å². The van der Waals surface area contributed by atoms with Crippen LogP contribution in [0.2, 0.25) is 0 Å². The predicted molar refractivity (Wildman–Crippen MR) is 82.3 cm³/mol. The zero-order chi connectivity index (χ0) is 16.0. The lowest BCUT2D eigenvalue weighted by atomic mass is 9.96. The van der Waals surface area contributed by atoms with E-state index in [0.717, 1.165) is 0 Å². The van der Waals surface area contributed by atoms with Crippen molar-refractivity contribution < 1.29 is 14.7 Å². The minimum absolute atomic E-state index is 0.0144. The van der Waals surface area contributed by atoms with Gasteiger partial charge in [-0.1, -0.05) is 26.8 Å². The van der Waals surface area contributed by atoms with Gasteiger partial charge in [0.1, 0.15) is 0 Å². The van der Waals surface area contributed by atoms with Gasteiger partial charge in [0, 0.05) is 31.3 Å². The van der Waals surface area contributed by atoms with E-state index in [-0.39, 0.29) is 30.4 Å². The Hall–Kier alpha value is -1.88. The molecular formula is C16H24N2O3. The molecule has 116 valence electrons. The number of carbonyl (C=O) groups is 2. The van der Waals surface area contributed by atoms with Gasteiger partial charge in [-0.3, -0.25) is 9.59 Å². The SMILES string of the molecule is CN(CC(C)(C)C)C(=O)c1cccc(C(=O)NCCO)c1. The van der Waals surface area contributed by atoms with Crippen LogP contribution in [0.25, 0.3) is 0 Å². The second-order valence-electron chi connectivity index (χ2n) is 6.28. The van der Waals surface area contributed by atoms with E-state index in [2.05, 4.69) is 26.1 Å². The minimum Gasteiger partial charge on any atom is -0.395 e. The van der Waals surface area contributed by atoms with Crippen LogP contribution in [0.1, 0.15) is 41.5 Å². The van der Waals surface area contributed by atoms with Gasteiger partial charge in [-0.15, -0.1) is 0 Å². The molecule has 0 aliphatic rings. The molecule has 1 rings (SSSR count). The Morgan fingerprint density at radius 2 is 1.86 bits per heavy atom. The van der Waals surface area contributed by atoms with Crippen molar-refractivity contribution in [2.45, 2.75) is 20.8 Å². The molecule has 0 saturated heterocycles. The van der Waals surface area contributed by atoms with Crippen molar-refractivity contribution in [3.05, 3.63) is 35.4 Å². The second kappa shape index (κ2) is 7.22. The first kappa shape index (κ1) is 17.2. The molecule has 0 aromatic heterocycles. The van der Waals surface area contributed by atoms with Crippen molar-refractivity contribution in [1.29, 1.82) is 0 Å². The highest BCUT2D eigenvalue weighted by Crippen LogP contribution is 2.16. The molecule has 0 heterocycles. The molecule has 2 amide bonds. The first-order valence-electron chi connectivity index (χ1n) is 6.99. The smallest absolute Gasteiger partial charge is 0.253 e. The average molecular weight is 292 g/mol. The standard InChI is InChI=1S/C16H24N2O3/c1-16(2,3)11-18(4)15(21)13-7-5-6-12(10-13)14(20)17-8-9-19/h5-7,10,19H,8-9,11H2,1-4H3,(H,17,20). The normalized spacial score (nSPS) is 11.1. The molecule has 0 bridgehead atoms. The molecule has 0 radical (unpaired) electrons. The summed E-state index contributed by atoms with van der Waals surface area (Å²) in [4.78, 5) is 25.9. The van der Waals surface area contributed by atoms with Gasteiger partial charge in [0.25, 0.3) is 11.8 Å². The second-order valence-corrected chi connectivity index (χ2v) is 6.28. The van der Waals surface area contributed by atoms with Crippen molar-refractivity contribution in [2.75, 3.05) is 26.7 Å². The van der Waals surface area contributed by atoms with Crippen molar-refractivity contribution in [3.63, 3.8) is 0 Å². The van der Waals surface area contributed by atoms with Gasteiger partial charge in [0.2, 0.25) is 0 Å². The van der Waals surface area contributed by atoms with Crippen LogP contribution in [0.3, 0.4) is 0 Å². The lowest BCUT2D eigenvalue weighted by Gasteiger charge is -2.26. The van der Waals surface area contributed by atoms with E-state index in [9.17, 15) is 9.59 Å². The van der Waals surface area contributed by atoms with Crippen LogP contribution in [-0.4, -0.2) is 48.6 Å². The Labute approximate surface area is 126 Å². The van der Waals surface area contributed by atoms with Crippen LogP contribution in [-0.2, 0) is 0 Å². The summed E-state index contributed by atoms with van der Waals surface area (Å²) < 4.78 is 0. The van der Waals surface area contributed by atoms with E-state index >= 15 is 0 Å². The van der Waals surface area contributed by atoms with Crippen LogP contribution < -0.4 is 5.32 Å². The Balaban J connectivity index is 2.84. The van der Waals surface area contributed by atoms with Crippen molar-refractivity contribution in [1.82, 2.24) is 10.2 Å². The van der Waals surface area contributed by atoms with E-state index < -0.39 is 0 Å². The lowest BCUT2D eigenvalue weighted by molar-refractivity contribution is 0.0745. The molecule has 2 N–H and O–H groups in total. The Bertz CT molecular complexity index is 506. The Morgan fingerprint density at radius 1 is 1.24 bits per heavy atom. The van der Waals surface area contributed by atoms with E-state index in [1.807, 2.05) is 0 Å². The number of aliphatic hydroxyl groups excluding tert-OH is 1. The minimum atomic E-state index is -0.294. The van der Waals surface area contributed by atoms with E-state index in [4.69, 9.17) is 5.11 Å². The topological polar surface area (TPSA) is 69.6 Å². The largest absolute Gasteiger partial charge is 0.395 e. The predicted octanol–water partition coefficient (Wildman–Crippen LogP) is 1.53. The van der Waals surface area contributed by atoms with E-state index in [1.165, 1.54) is 0 Å². The van der Waals surface area contributed by atoms with Crippen molar-refractivity contribution in [3.8, 4) is 0 Å². The van der Waals surface area contributed by atoms with Gasteiger partial charge in [-0.05, 0) is 23.6 Å². The molecule has 5 nitrogen and oxygen atoms in total. The van der Waals surface area contributed by atoms with Crippen molar-refractivity contribution in [2.24, 2.45) is 5.41 Å². The van der Waals surface area contributed by atoms with Crippen LogP contribution >= 0.6 is 0 Å². The molecule has 21 heavy (non-hydrogen) atoms. The highest BCUT2D eigenvalue weighted by atomic mass is 16.3. The molecule has 0 saturated carbocycles. The number of nitrogens with zero attached hydrogens (tertiary/aromatic N) is 1. The number of nitrogens with one attached hydrogen (secondary N) is 1. The zero-order valence-corrected chi connectivity index (χ0v) is 13.1. The van der Waals surface area contributed by atoms with Crippen molar-refractivity contribution >= 4 is 11.8 Å². The maximum absolute atomic E-state index is 12.4. The number of aliphatic hydroxyl groups is 1. The fraction of sp³-hybridized carbons (Fsp3) is 0.500. The highest BCUT2D eigenvalue weighted by molar-refractivity contribution is 5.99. The van der Waals surface area contributed by atoms with E-state index in [0.29, 0.717) is 17.7 Å². The highest BCUT2D eigenvalue weighted by Gasteiger charge is 2.19. The van der Waals surface area contributed by atoms with Gasteiger partial charge in [0.15, 0.2) is 0 Å². The summed E-state index contributed by atoms with van der Waals surface area (Å²) >= 11 is 0. The molecular weight excluding hydrogens is 268 g/mol. The van der Waals surface area contributed by atoms with Gasteiger partial charge >= 0.3 is 0 Å². The molecule has 1 aromatic rings. The molecule has 0 spiro atoms. The first-order valence-corrected chi connectivity index (χ1v) is 6.99. The molecule has 5 heteroatoms. The third-order valence-electron chi connectivity index (χ3n) is 2.83. The molecule has 0 atom stereocenters. The van der Waals surface area contributed by atoms with Gasteiger partial charge in [-0.25, -0.2) is 0 Å². The lowest BCUT2D eigenvalue weighted by Crippen LogP contribution is -2.34. The summed E-state index contributed by atoms with van der Waals surface area (Å²) in [7, 11) is 1.76. The van der Waals surface area contributed by atoms with Gasteiger partial charge < -0.3 is 15.3 Å². The zero-order valence-electron chi connectivity index (χ0n) is 13.1. The first-order chi connectivity index (χ1) is 9.74. The number of hydrogen-bond acceptors (Lipinski definition) is 3. The number of carbonyl (C=O) groups excluding carboxylic acids is 2. The molecule has 1 aromatic carbocycles. The fourth-order valence-electron chi connectivity index (χ4n) is 2.07. The van der Waals surface area contributed by atoms with Crippen LogP contribution in [0, 0.1) is 5.41 Å². The summed E-state index contributed by atoms with van der Waals surface area (Å²) in [6.07, 6.45) is 0. The molecule has 0 unspecified atom stereocenters. The Kier molecular flexibility index (Phi) is 5.90. The monoisotopic (exact) mass is 292 g/mol. The van der Waals surface area contributed by atoms with Gasteiger partial charge in [0.05, 0.1) is 6.61 Å². The summed E-state index contributed by atoms with van der Waals surface area (Å²) in [6.45, 7) is 6.91. The fourth-order valence-corrected chi connectivity index (χ4v) is 2.07.